The van der Waals surface area contributed by atoms with Crippen molar-refractivity contribution >= 4 is 6.03 Å². The molecule has 1 N–H and O–H groups in total. The van der Waals surface area contributed by atoms with Gasteiger partial charge in [-0.2, -0.15) is 13.2 Å². The molecule has 1 heterocycles. The smallest absolute Gasteiger partial charge is 0.335 e. The van der Waals surface area contributed by atoms with Crippen molar-refractivity contribution in [1.82, 2.24) is 15.1 Å². The highest BCUT2D eigenvalue weighted by Gasteiger charge is 2.33. The summed E-state index contributed by atoms with van der Waals surface area (Å²) in [6.45, 7) is 0.434. The van der Waals surface area contributed by atoms with Crippen molar-refractivity contribution in [3.63, 3.8) is 0 Å². The third kappa shape index (κ3) is 4.07. The van der Waals surface area contributed by atoms with Crippen LogP contribution in [0, 0.1) is 0 Å². The lowest BCUT2D eigenvalue weighted by atomic mass is 10.3. The number of rotatable bonds is 2. The Bertz CT molecular complexity index is 283. The summed E-state index contributed by atoms with van der Waals surface area (Å²) >= 11 is 0. The van der Waals surface area contributed by atoms with E-state index in [1.807, 2.05) is 0 Å². The first-order valence-electron chi connectivity index (χ1n) is 5.78. The van der Waals surface area contributed by atoms with Crippen molar-refractivity contribution in [2.45, 2.75) is 25.1 Å². The van der Waals surface area contributed by atoms with Gasteiger partial charge in [0.25, 0.3) is 0 Å². The molecule has 1 aliphatic heterocycles. The van der Waals surface area contributed by atoms with Crippen molar-refractivity contribution < 1.29 is 18.0 Å². The van der Waals surface area contributed by atoms with Crippen LogP contribution >= 0.6 is 0 Å². The van der Waals surface area contributed by atoms with Crippen LogP contribution in [0.5, 0.6) is 0 Å². The Morgan fingerprint density at radius 3 is 2.24 bits per heavy atom. The fraction of sp³-hybridized carbons (Fsp3) is 0.900. The second-order valence-corrected chi connectivity index (χ2v) is 4.60. The van der Waals surface area contributed by atoms with Gasteiger partial charge in [0.15, 0.2) is 0 Å². The highest BCUT2D eigenvalue weighted by Crippen LogP contribution is 2.20. The molecule has 2 rings (SSSR count). The average Bonchev–Trinajstić information content (AvgIpc) is 3.00. The number of carbonyl (C=O) groups excluding carboxylic acids is 1. The number of nitrogens with one attached hydrogen (secondary N) is 1. The lowest BCUT2D eigenvalue weighted by molar-refractivity contribution is -0.148. The molecule has 0 unspecified atom stereocenters. The Balaban J connectivity index is 1.71. The first kappa shape index (κ1) is 12.5. The third-order valence-electron chi connectivity index (χ3n) is 2.97. The maximum Gasteiger partial charge on any atom is 0.401 e. The van der Waals surface area contributed by atoms with Crippen molar-refractivity contribution in [3.8, 4) is 0 Å². The Morgan fingerprint density at radius 2 is 1.76 bits per heavy atom. The maximum absolute atomic E-state index is 12.1. The van der Waals surface area contributed by atoms with Gasteiger partial charge in [-0.1, -0.05) is 0 Å². The molecule has 0 radical (unpaired) electrons. The van der Waals surface area contributed by atoms with Crippen LogP contribution in [0.25, 0.3) is 0 Å². The van der Waals surface area contributed by atoms with Crippen LogP contribution in [0.2, 0.25) is 0 Å². The van der Waals surface area contributed by atoms with Gasteiger partial charge in [0.05, 0.1) is 6.54 Å². The monoisotopic (exact) mass is 251 g/mol. The lowest BCUT2D eigenvalue weighted by Gasteiger charge is -2.34. The largest absolute Gasteiger partial charge is 0.401 e. The summed E-state index contributed by atoms with van der Waals surface area (Å²) in [5.74, 6) is 0. The number of hydrogen-bond donors (Lipinski definition) is 1. The van der Waals surface area contributed by atoms with Crippen molar-refractivity contribution in [3.05, 3.63) is 0 Å². The fourth-order valence-electron chi connectivity index (χ4n) is 1.86. The van der Waals surface area contributed by atoms with Crippen LogP contribution in [0.1, 0.15) is 12.8 Å². The molecule has 0 spiro atoms. The zero-order valence-corrected chi connectivity index (χ0v) is 9.46. The fourth-order valence-corrected chi connectivity index (χ4v) is 1.86. The lowest BCUT2D eigenvalue weighted by Crippen LogP contribution is -2.53. The number of alkyl halides is 3. The number of halogens is 3. The zero-order valence-electron chi connectivity index (χ0n) is 9.46. The molecule has 4 nitrogen and oxygen atoms in total. The van der Waals surface area contributed by atoms with E-state index in [4.69, 9.17) is 0 Å². The van der Waals surface area contributed by atoms with Gasteiger partial charge in [0.2, 0.25) is 0 Å². The van der Waals surface area contributed by atoms with E-state index in [1.165, 1.54) is 4.90 Å². The molecule has 1 aliphatic carbocycles. The molecule has 2 amide bonds. The molecule has 0 atom stereocenters. The van der Waals surface area contributed by atoms with Gasteiger partial charge in [-0.25, -0.2) is 4.79 Å². The van der Waals surface area contributed by atoms with E-state index in [-0.39, 0.29) is 25.2 Å². The molecule has 0 aromatic heterocycles. The second-order valence-electron chi connectivity index (χ2n) is 4.60. The summed E-state index contributed by atoms with van der Waals surface area (Å²) in [6.07, 6.45) is -2.13. The normalized spacial score (nSPS) is 22.6. The van der Waals surface area contributed by atoms with E-state index in [0.29, 0.717) is 13.1 Å². The number of urea groups is 1. The number of amides is 2. The minimum atomic E-state index is -4.15. The van der Waals surface area contributed by atoms with Crippen LogP contribution in [0.15, 0.2) is 0 Å². The molecule has 2 aliphatic rings. The van der Waals surface area contributed by atoms with E-state index in [1.54, 1.807) is 4.90 Å². The molecule has 0 bridgehead atoms. The summed E-state index contributed by atoms with van der Waals surface area (Å²) in [6, 6.07) is 0.148. The summed E-state index contributed by atoms with van der Waals surface area (Å²) in [5, 5.41) is 2.83. The van der Waals surface area contributed by atoms with Crippen molar-refractivity contribution in [2.24, 2.45) is 0 Å². The van der Waals surface area contributed by atoms with Gasteiger partial charge in [0, 0.05) is 32.2 Å². The number of hydrogen-bond acceptors (Lipinski definition) is 2. The minimum Gasteiger partial charge on any atom is -0.335 e. The number of nitrogens with zero attached hydrogens (tertiary/aromatic N) is 2. The average molecular weight is 251 g/mol. The van der Waals surface area contributed by atoms with Gasteiger partial charge >= 0.3 is 12.2 Å². The summed E-state index contributed by atoms with van der Waals surface area (Å²) in [5.41, 5.74) is 0. The molecule has 17 heavy (non-hydrogen) atoms. The number of carbonyl (C=O) groups is 1. The molecule has 7 heteroatoms. The van der Waals surface area contributed by atoms with E-state index >= 15 is 0 Å². The Hall–Kier alpha value is -0.980. The molecule has 98 valence electrons. The van der Waals surface area contributed by atoms with Crippen LogP contribution in [0.4, 0.5) is 18.0 Å². The standard InChI is InChI=1S/C10H16F3N3O/c11-10(12,13)7-15-3-5-16(6-4-15)9(17)14-8-1-2-8/h8H,1-7H2,(H,14,17). The number of piperazine rings is 1. The summed E-state index contributed by atoms with van der Waals surface area (Å²) in [7, 11) is 0. The Labute approximate surface area is 97.7 Å². The van der Waals surface area contributed by atoms with Crippen LogP contribution in [-0.4, -0.2) is 60.8 Å². The minimum absolute atomic E-state index is 0.140. The van der Waals surface area contributed by atoms with Gasteiger partial charge in [-0.05, 0) is 12.8 Å². The zero-order chi connectivity index (χ0) is 12.5. The van der Waals surface area contributed by atoms with E-state index in [2.05, 4.69) is 5.32 Å². The van der Waals surface area contributed by atoms with Gasteiger partial charge in [0.1, 0.15) is 0 Å². The predicted octanol–water partition coefficient (Wildman–Crippen LogP) is 1.04. The molecule has 0 aromatic carbocycles. The Morgan fingerprint density at radius 1 is 1.18 bits per heavy atom. The van der Waals surface area contributed by atoms with Crippen LogP contribution < -0.4 is 5.32 Å². The highest BCUT2D eigenvalue weighted by molar-refractivity contribution is 5.75. The molecule has 1 saturated heterocycles. The maximum atomic E-state index is 12.1. The SMILES string of the molecule is O=C(NC1CC1)N1CCN(CC(F)(F)F)CC1. The molecule has 0 aromatic rings. The Kier molecular flexibility index (Phi) is 3.46. The van der Waals surface area contributed by atoms with E-state index in [0.717, 1.165) is 12.8 Å². The highest BCUT2D eigenvalue weighted by atomic mass is 19.4. The first-order valence-corrected chi connectivity index (χ1v) is 5.78. The molecule has 2 fully saturated rings. The molecule has 1 saturated carbocycles. The van der Waals surface area contributed by atoms with Crippen molar-refractivity contribution in [2.75, 3.05) is 32.7 Å². The van der Waals surface area contributed by atoms with Gasteiger partial charge < -0.3 is 10.2 Å². The van der Waals surface area contributed by atoms with Crippen LogP contribution in [0.3, 0.4) is 0 Å². The van der Waals surface area contributed by atoms with Crippen LogP contribution in [-0.2, 0) is 0 Å². The summed E-state index contributed by atoms with van der Waals surface area (Å²) < 4.78 is 36.4. The second kappa shape index (κ2) is 4.72. The summed E-state index contributed by atoms with van der Waals surface area (Å²) in [4.78, 5) is 14.5. The first-order chi connectivity index (χ1) is 7.94. The molecular formula is C10H16F3N3O. The van der Waals surface area contributed by atoms with Crippen molar-refractivity contribution in [1.29, 1.82) is 0 Å². The molecular weight excluding hydrogens is 235 g/mol. The quantitative estimate of drug-likeness (QED) is 0.796. The van der Waals surface area contributed by atoms with Gasteiger partial charge in [-0.3, -0.25) is 4.90 Å². The third-order valence-corrected chi connectivity index (χ3v) is 2.97. The topological polar surface area (TPSA) is 35.6 Å². The predicted molar refractivity (Wildman–Crippen MR) is 55.6 cm³/mol. The van der Waals surface area contributed by atoms with E-state index < -0.39 is 12.7 Å². The van der Waals surface area contributed by atoms with Gasteiger partial charge in [-0.15, -0.1) is 0 Å². The van der Waals surface area contributed by atoms with E-state index in [9.17, 15) is 18.0 Å².